The Morgan fingerprint density at radius 2 is 1.96 bits per heavy atom. The van der Waals surface area contributed by atoms with Gasteiger partial charge in [-0.15, -0.1) is 11.3 Å². The fourth-order valence-electron chi connectivity index (χ4n) is 2.24. The smallest absolute Gasteiger partial charge is 0.161 e. The minimum absolute atomic E-state index is 0.753. The van der Waals surface area contributed by atoms with Crippen molar-refractivity contribution in [2.45, 2.75) is 19.8 Å². The van der Waals surface area contributed by atoms with Crippen LogP contribution < -0.4 is 4.90 Å². The molecule has 23 heavy (non-hydrogen) atoms. The van der Waals surface area contributed by atoms with Crippen molar-refractivity contribution < 1.29 is 0 Å². The Kier molecular flexibility index (Phi) is 4.92. The second kappa shape index (κ2) is 7.28. The van der Waals surface area contributed by atoms with Crippen LogP contribution >= 0.6 is 11.3 Å². The Bertz CT molecular complexity index is 743. The second-order valence-corrected chi connectivity index (χ2v) is 6.21. The summed E-state index contributed by atoms with van der Waals surface area (Å²) in [4.78, 5) is 19.9. The van der Waals surface area contributed by atoms with Gasteiger partial charge in [0.05, 0.1) is 5.01 Å². The molecule has 3 aromatic heterocycles. The highest BCUT2D eigenvalue weighted by molar-refractivity contribution is 7.09. The minimum atomic E-state index is 0.753. The third kappa shape index (κ3) is 3.90. The SMILES string of the molecule is CCc1cc(N(C)CCc2nccs2)nc(-c2ccncc2)n1. The lowest BCUT2D eigenvalue weighted by atomic mass is 10.2. The summed E-state index contributed by atoms with van der Waals surface area (Å²) in [6.07, 6.45) is 7.19. The molecule has 0 saturated carbocycles. The summed E-state index contributed by atoms with van der Waals surface area (Å²) in [5, 5.41) is 3.16. The van der Waals surface area contributed by atoms with Gasteiger partial charge in [0.2, 0.25) is 0 Å². The molecule has 0 aromatic carbocycles. The molecule has 0 atom stereocenters. The Hall–Kier alpha value is -2.34. The van der Waals surface area contributed by atoms with Crippen molar-refractivity contribution in [3.8, 4) is 11.4 Å². The zero-order chi connectivity index (χ0) is 16.1. The molecule has 0 spiro atoms. The lowest BCUT2D eigenvalue weighted by Gasteiger charge is -2.19. The average Bonchev–Trinajstić information content (AvgIpc) is 3.13. The van der Waals surface area contributed by atoms with Gasteiger partial charge >= 0.3 is 0 Å². The maximum absolute atomic E-state index is 4.72. The average molecular weight is 325 g/mol. The number of likely N-dealkylation sites (N-methyl/N-ethyl adjacent to an activating group) is 1. The Morgan fingerprint density at radius 3 is 2.65 bits per heavy atom. The van der Waals surface area contributed by atoms with Crippen molar-refractivity contribution >= 4 is 17.2 Å². The molecular weight excluding hydrogens is 306 g/mol. The van der Waals surface area contributed by atoms with Crippen LogP contribution in [0.25, 0.3) is 11.4 Å². The molecule has 0 aliphatic rings. The van der Waals surface area contributed by atoms with E-state index in [1.807, 2.05) is 23.7 Å². The van der Waals surface area contributed by atoms with E-state index in [-0.39, 0.29) is 0 Å². The van der Waals surface area contributed by atoms with Crippen LogP contribution in [0.4, 0.5) is 5.82 Å². The number of aromatic nitrogens is 4. The molecule has 6 heteroatoms. The quantitative estimate of drug-likeness (QED) is 0.696. The summed E-state index contributed by atoms with van der Waals surface area (Å²) < 4.78 is 0. The van der Waals surface area contributed by atoms with Crippen LogP contribution in [-0.2, 0) is 12.8 Å². The minimum Gasteiger partial charge on any atom is -0.359 e. The highest BCUT2D eigenvalue weighted by Gasteiger charge is 2.10. The third-order valence-electron chi connectivity index (χ3n) is 3.60. The van der Waals surface area contributed by atoms with E-state index in [0.29, 0.717) is 0 Å². The van der Waals surface area contributed by atoms with Gasteiger partial charge in [0.25, 0.3) is 0 Å². The molecule has 0 bridgehead atoms. The van der Waals surface area contributed by atoms with Gasteiger partial charge in [0.1, 0.15) is 5.82 Å². The lowest BCUT2D eigenvalue weighted by Crippen LogP contribution is -2.22. The summed E-state index contributed by atoms with van der Waals surface area (Å²) in [7, 11) is 2.06. The van der Waals surface area contributed by atoms with Gasteiger partial charge in [0.15, 0.2) is 5.82 Å². The molecule has 3 rings (SSSR count). The summed E-state index contributed by atoms with van der Waals surface area (Å²) in [5.41, 5.74) is 2.03. The summed E-state index contributed by atoms with van der Waals surface area (Å²) in [6, 6.07) is 5.94. The molecule has 5 nitrogen and oxygen atoms in total. The highest BCUT2D eigenvalue weighted by atomic mass is 32.1. The molecule has 0 N–H and O–H groups in total. The predicted octanol–water partition coefficient (Wildman–Crippen LogP) is 3.24. The maximum Gasteiger partial charge on any atom is 0.161 e. The zero-order valence-corrected chi connectivity index (χ0v) is 14.1. The van der Waals surface area contributed by atoms with Gasteiger partial charge in [-0.05, 0) is 18.6 Å². The Balaban J connectivity index is 1.83. The van der Waals surface area contributed by atoms with E-state index >= 15 is 0 Å². The number of thiazole rings is 1. The van der Waals surface area contributed by atoms with Crippen LogP contribution in [0.3, 0.4) is 0 Å². The van der Waals surface area contributed by atoms with Crippen LogP contribution in [-0.4, -0.2) is 33.5 Å². The normalized spacial score (nSPS) is 10.7. The van der Waals surface area contributed by atoms with Crippen LogP contribution in [0, 0.1) is 0 Å². The van der Waals surface area contributed by atoms with Crippen LogP contribution in [0.2, 0.25) is 0 Å². The van der Waals surface area contributed by atoms with Gasteiger partial charge in [-0.25, -0.2) is 15.0 Å². The Morgan fingerprint density at radius 1 is 1.13 bits per heavy atom. The number of aryl methyl sites for hydroxylation is 1. The Labute approximate surface area is 140 Å². The van der Waals surface area contributed by atoms with Gasteiger partial charge < -0.3 is 4.90 Å². The van der Waals surface area contributed by atoms with Gasteiger partial charge in [-0.2, -0.15) is 0 Å². The molecule has 0 aliphatic carbocycles. The number of rotatable bonds is 6. The van der Waals surface area contributed by atoms with E-state index in [2.05, 4.69) is 39.9 Å². The van der Waals surface area contributed by atoms with Crippen molar-refractivity contribution in [2.75, 3.05) is 18.5 Å². The van der Waals surface area contributed by atoms with Crippen LogP contribution in [0.15, 0.2) is 42.2 Å². The molecule has 0 fully saturated rings. The van der Waals surface area contributed by atoms with Crippen molar-refractivity contribution in [3.05, 3.63) is 52.9 Å². The topological polar surface area (TPSA) is 54.8 Å². The molecule has 0 saturated heterocycles. The van der Waals surface area contributed by atoms with E-state index in [1.54, 1.807) is 23.7 Å². The van der Waals surface area contributed by atoms with E-state index in [1.165, 1.54) is 0 Å². The summed E-state index contributed by atoms with van der Waals surface area (Å²) in [5.74, 6) is 1.70. The number of anilines is 1. The molecule has 118 valence electrons. The number of hydrogen-bond acceptors (Lipinski definition) is 6. The first-order chi connectivity index (χ1) is 11.3. The fraction of sp³-hybridized carbons (Fsp3) is 0.294. The predicted molar refractivity (Wildman–Crippen MR) is 93.7 cm³/mol. The molecular formula is C17H19N5S. The maximum atomic E-state index is 4.72. The van der Waals surface area contributed by atoms with E-state index in [4.69, 9.17) is 4.98 Å². The van der Waals surface area contributed by atoms with Gasteiger partial charge in [0, 0.05) is 61.3 Å². The van der Waals surface area contributed by atoms with E-state index in [0.717, 1.165) is 47.3 Å². The first kappa shape index (κ1) is 15.6. The highest BCUT2D eigenvalue weighted by Crippen LogP contribution is 2.20. The first-order valence-corrected chi connectivity index (χ1v) is 8.52. The fourth-order valence-corrected chi connectivity index (χ4v) is 2.85. The van der Waals surface area contributed by atoms with E-state index in [9.17, 15) is 0 Å². The lowest BCUT2D eigenvalue weighted by molar-refractivity contribution is 0.845. The largest absolute Gasteiger partial charge is 0.359 e. The van der Waals surface area contributed by atoms with Gasteiger partial charge in [-0.3, -0.25) is 4.98 Å². The molecule has 0 unspecified atom stereocenters. The van der Waals surface area contributed by atoms with E-state index < -0.39 is 0 Å². The van der Waals surface area contributed by atoms with Gasteiger partial charge in [-0.1, -0.05) is 6.92 Å². The molecule has 0 amide bonds. The molecule has 0 aliphatic heterocycles. The summed E-state index contributed by atoms with van der Waals surface area (Å²) in [6.45, 7) is 2.99. The number of pyridine rings is 1. The molecule has 3 heterocycles. The van der Waals surface area contributed by atoms with Crippen LogP contribution in [0.1, 0.15) is 17.6 Å². The van der Waals surface area contributed by atoms with Crippen molar-refractivity contribution in [2.24, 2.45) is 0 Å². The second-order valence-electron chi connectivity index (χ2n) is 5.23. The summed E-state index contributed by atoms with van der Waals surface area (Å²) >= 11 is 1.69. The monoisotopic (exact) mass is 325 g/mol. The first-order valence-electron chi connectivity index (χ1n) is 7.64. The molecule has 0 radical (unpaired) electrons. The van der Waals surface area contributed by atoms with Crippen molar-refractivity contribution in [1.29, 1.82) is 0 Å². The number of nitrogens with zero attached hydrogens (tertiary/aromatic N) is 5. The standard InChI is InChI=1S/C17H19N5S/c1-3-14-12-15(22(2)10-6-16-19-9-11-23-16)21-17(20-14)13-4-7-18-8-5-13/h4-5,7-9,11-12H,3,6,10H2,1-2H3. The third-order valence-corrected chi connectivity index (χ3v) is 4.44. The van der Waals surface area contributed by atoms with Crippen LogP contribution in [0.5, 0.6) is 0 Å². The van der Waals surface area contributed by atoms with Crippen molar-refractivity contribution in [3.63, 3.8) is 0 Å². The van der Waals surface area contributed by atoms with Crippen molar-refractivity contribution in [1.82, 2.24) is 19.9 Å². The number of hydrogen-bond donors (Lipinski definition) is 0. The molecule has 3 aromatic rings. The zero-order valence-electron chi connectivity index (χ0n) is 13.3.